The Kier molecular flexibility index (Phi) is 5.81. The Labute approximate surface area is 182 Å². The molecule has 0 saturated carbocycles. The van der Waals surface area contributed by atoms with Crippen LogP contribution in [0.3, 0.4) is 0 Å². The van der Waals surface area contributed by atoms with Gasteiger partial charge in [-0.25, -0.2) is 9.07 Å². The molecule has 0 aliphatic carbocycles. The maximum atomic E-state index is 13.3. The van der Waals surface area contributed by atoms with Crippen LogP contribution >= 0.6 is 11.3 Å². The van der Waals surface area contributed by atoms with Crippen molar-refractivity contribution in [1.82, 2.24) is 20.4 Å². The Bertz CT molecular complexity index is 1230. The average Bonchev–Trinajstić information content (AvgIpc) is 3.34. The van der Waals surface area contributed by atoms with Gasteiger partial charge < -0.3 is 10.6 Å². The second-order valence-electron chi connectivity index (χ2n) is 7.20. The quantitative estimate of drug-likeness (QED) is 0.480. The molecule has 0 fully saturated rings. The second kappa shape index (κ2) is 8.69. The summed E-state index contributed by atoms with van der Waals surface area (Å²) in [5.41, 5.74) is 2.46. The first-order valence-electron chi connectivity index (χ1n) is 9.80. The van der Waals surface area contributed by atoms with Crippen molar-refractivity contribution >= 4 is 33.4 Å². The van der Waals surface area contributed by atoms with Crippen LogP contribution in [0, 0.1) is 12.7 Å². The van der Waals surface area contributed by atoms with Crippen LogP contribution < -0.4 is 10.6 Å². The topological polar surface area (TPSA) is 76.0 Å². The number of thiophene rings is 1. The van der Waals surface area contributed by atoms with Crippen LogP contribution in [0.5, 0.6) is 0 Å². The molecule has 0 saturated heterocycles. The summed E-state index contributed by atoms with van der Waals surface area (Å²) in [6.07, 6.45) is 0. The Morgan fingerprint density at radius 2 is 1.84 bits per heavy atom. The molecule has 8 heteroatoms. The number of hydrogen-bond donors (Lipinski definition) is 2. The Morgan fingerprint density at radius 3 is 2.55 bits per heavy atom. The van der Waals surface area contributed by atoms with Crippen molar-refractivity contribution in [3.63, 3.8) is 0 Å². The van der Waals surface area contributed by atoms with Gasteiger partial charge in [-0.2, -0.15) is 5.10 Å². The normalized spacial score (nSPS) is 12.0. The molecule has 2 heterocycles. The van der Waals surface area contributed by atoms with Gasteiger partial charge in [0.25, 0.3) is 5.91 Å². The summed E-state index contributed by atoms with van der Waals surface area (Å²) < 4.78 is 15.0. The number of nitrogens with one attached hydrogen (secondary N) is 2. The first kappa shape index (κ1) is 20.7. The summed E-state index contributed by atoms with van der Waals surface area (Å²) in [6.45, 7) is 3.91. The zero-order chi connectivity index (χ0) is 22.0. The summed E-state index contributed by atoms with van der Waals surface area (Å²) in [6, 6.07) is 16.7. The fourth-order valence-corrected chi connectivity index (χ4v) is 4.27. The van der Waals surface area contributed by atoms with Crippen molar-refractivity contribution in [3.8, 4) is 5.69 Å². The van der Waals surface area contributed by atoms with Gasteiger partial charge in [-0.05, 0) is 49.7 Å². The van der Waals surface area contributed by atoms with E-state index in [0.717, 1.165) is 21.5 Å². The molecule has 1 atom stereocenters. The van der Waals surface area contributed by atoms with E-state index in [2.05, 4.69) is 15.7 Å². The molecule has 158 valence electrons. The predicted octanol–water partition coefficient (Wildman–Crippen LogP) is 3.97. The van der Waals surface area contributed by atoms with E-state index in [1.54, 1.807) is 29.8 Å². The molecule has 0 radical (unpaired) electrons. The molecule has 4 aromatic rings. The van der Waals surface area contributed by atoms with E-state index in [4.69, 9.17) is 0 Å². The number of rotatable bonds is 6. The van der Waals surface area contributed by atoms with Crippen LogP contribution in [0.15, 0.2) is 60.7 Å². The van der Waals surface area contributed by atoms with Crippen molar-refractivity contribution < 1.29 is 14.0 Å². The summed E-state index contributed by atoms with van der Waals surface area (Å²) in [4.78, 5) is 26.4. The molecule has 2 aromatic heterocycles. The number of hydrogen-bond acceptors (Lipinski definition) is 4. The monoisotopic (exact) mass is 436 g/mol. The van der Waals surface area contributed by atoms with E-state index in [1.165, 1.54) is 23.5 Å². The van der Waals surface area contributed by atoms with Gasteiger partial charge in [0.15, 0.2) is 0 Å². The number of amides is 2. The molecule has 1 unspecified atom stereocenters. The van der Waals surface area contributed by atoms with Gasteiger partial charge >= 0.3 is 0 Å². The van der Waals surface area contributed by atoms with Crippen LogP contribution in [-0.2, 0) is 11.3 Å². The molecule has 6 nitrogen and oxygen atoms in total. The number of halogens is 1. The molecule has 0 bridgehead atoms. The van der Waals surface area contributed by atoms with Gasteiger partial charge in [0.2, 0.25) is 5.91 Å². The van der Waals surface area contributed by atoms with E-state index in [1.807, 2.05) is 37.3 Å². The minimum Gasteiger partial charge on any atom is -0.350 e. The molecule has 2 N–H and O–H groups in total. The molecular formula is C23H21FN4O2S. The van der Waals surface area contributed by atoms with Crippen LogP contribution in [0.4, 0.5) is 4.39 Å². The molecule has 0 spiro atoms. The van der Waals surface area contributed by atoms with Crippen LogP contribution in [0.25, 0.3) is 15.9 Å². The van der Waals surface area contributed by atoms with Gasteiger partial charge in [-0.1, -0.05) is 30.3 Å². The number of aryl methyl sites for hydroxylation is 1. The SMILES string of the molecule is Cc1nn(-c2ccc(F)cc2)c2sc(C(=O)NC(C)C(=O)NCc3ccccc3)cc12. The Hall–Kier alpha value is -3.52. The predicted molar refractivity (Wildman–Crippen MR) is 119 cm³/mol. The van der Waals surface area contributed by atoms with Crippen LogP contribution in [0.1, 0.15) is 27.9 Å². The molecule has 2 amide bonds. The number of carbonyl (C=O) groups is 2. The third kappa shape index (κ3) is 4.49. The van der Waals surface area contributed by atoms with Gasteiger partial charge in [-0.15, -0.1) is 11.3 Å². The highest BCUT2D eigenvalue weighted by Crippen LogP contribution is 2.30. The first-order chi connectivity index (χ1) is 14.9. The van der Waals surface area contributed by atoms with Crippen molar-refractivity contribution in [2.75, 3.05) is 0 Å². The van der Waals surface area contributed by atoms with Crippen LogP contribution in [-0.4, -0.2) is 27.6 Å². The van der Waals surface area contributed by atoms with Crippen LogP contribution in [0.2, 0.25) is 0 Å². The van der Waals surface area contributed by atoms with E-state index in [0.29, 0.717) is 17.1 Å². The number of nitrogens with zero attached hydrogens (tertiary/aromatic N) is 2. The van der Waals surface area contributed by atoms with Crippen molar-refractivity contribution in [1.29, 1.82) is 0 Å². The summed E-state index contributed by atoms with van der Waals surface area (Å²) in [5, 5.41) is 10.9. The standard InChI is InChI=1S/C23H21FN4O2S/c1-14-19-12-20(31-23(19)28(27-14)18-10-8-17(24)9-11-18)22(30)26-15(2)21(29)25-13-16-6-4-3-5-7-16/h3-12,15H,13H2,1-2H3,(H,25,29)(H,26,30). The highest BCUT2D eigenvalue weighted by molar-refractivity contribution is 7.20. The molecule has 4 rings (SSSR count). The van der Waals surface area contributed by atoms with Crippen molar-refractivity contribution in [2.24, 2.45) is 0 Å². The average molecular weight is 437 g/mol. The van der Waals surface area contributed by atoms with Gasteiger partial charge in [0, 0.05) is 11.9 Å². The lowest BCUT2D eigenvalue weighted by molar-refractivity contribution is -0.122. The Balaban J connectivity index is 1.47. The maximum Gasteiger partial charge on any atom is 0.262 e. The smallest absolute Gasteiger partial charge is 0.262 e. The first-order valence-corrected chi connectivity index (χ1v) is 10.6. The minimum atomic E-state index is -0.684. The molecular weight excluding hydrogens is 415 g/mol. The van der Waals surface area contributed by atoms with Gasteiger partial charge in [0.05, 0.1) is 16.3 Å². The van der Waals surface area contributed by atoms with E-state index in [-0.39, 0.29) is 17.6 Å². The molecule has 0 aliphatic rings. The molecule has 2 aromatic carbocycles. The van der Waals surface area contributed by atoms with Crippen molar-refractivity contribution in [3.05, 3.63) is 82.6 Å². The second-order valence-corrected chi connectivity index (χ2v) is 8.23. The summed E-state index contributed by atoms with van der Waals surface area (Å²) in [7, 11) is 0. The minimum absolute atomic E-state index is 0.257. The lowest BCUT2D eigenvalue weighted by atomic mass is 10.2. The fraction of sp³-hybridized carbons (Fsp3) is 0.174. The van der Waals surface area contributed by atoms with Crippen molar-refractivity contribution in [2.45, 2.75) is 26.4 Å². The zero-order valence-electron chi connectivity index (χ0n) is 17.1. The molecule has 0 aliphatic heterocycles. The number of carbonyl (C=O) groups excluding carboxylic acids is 2. The third-order valence-corrected chi connectivity index (χ3v) is 6.00. The third-order valence-electron chi connectivity index (χ3n) is 4.89. The number of fused-ring (bicyclic) bond motifs is 1. The Morgan fingerprint density at radius 1 is 1.13 bits per heavy atom. The fourth-order valence-electron chi connectivity index (χ4n) is 3.19. The van der Waals surface area contributed by atoms with E-state index < -0.39 is 6.04 Å². The summed E-state index contributed by atoms with van der Waals surface area (Å²) >= 11 is 1.28. The maximum absolute atomic E-state index is 13.3. The lowest BCUT2D eigenvalue weighted by Gasteiger charge is -2.13. The largest absolute Gasteiger partial charge is 0.350 e. The highest BCUT2D eigenvalue weighted by atomic mass is 32.1. The molecule has 31 heavy (non-hydrogen) atoms. The van der Waals surface area contributed by atoms with Gasteiger partial charge in [0.1, 0.15) is 16.7 Å². The zero-order valence-corrected chi connectivity index (χ0v) is 17.9. The van der Waals surface area contributed by atoms with Gasteiger partial charge in [-0.3, -0.25) is 9.59 Å². The number of aromatic nitrogens is 2. The van der Waals surface area contributed by atoms with E-state index >= 15 is 0 Å². The number of benzene rings is 2. The highest BCUT2D eigenvalue weighted by Gasteiger charge is 2.21. The van der Waals surface area contributed by atoms with E-state index in [9.17, 15) is 14.0 Å². The summed E-state index contributed by atoms with van der Waals surface area (Å²) in [5.74, 6) is -0.907. The lowest BCUT2D eigenvalue weighted by Crippen LogP contribution is -2.44.